The predicted molar refractivity (Wildman–Crippen MR) is 77.2 cm³/mol. The minimum atomic E-state index is -0.616. The topological polar surface area (TPSA) is 54.0 Å². The molecule has 0 amide bonds. The lowest BCUT2D eigenvalue weighted by Crippen LogP contribution is -2.33. The number of hydrogen-bond donors (Lipinski definition) is 0. The van der Waals surface area contributed by atoms with Crippen LogP contribution in [0.15, 0.2) is 24.3 Å². The van der Waals surface area contributed by atoms with E-state index >= 15 is 0 Å². The summed E-state index contributed by atoms with van der Waals surface area (Å²) in [7, 11) is 1.63. The molecule has 2 atom stereocenters. The first-order valence-electron chi connectivity index (χ1n) is 7.04. The predicted octanol–water partition coefficient (Wildman–Crippen LogP) is 2.32. The lowest BCUT2D eigenvalue weighted by molar-refractivity contribution is -0.159. The van der Waals surface area contributed by atoms with Crippen LogP contribution in [0.5, 0.6) is 5.75 Å². The normalized spacial score (nSPS) is 22.0. The van der Waals surface area contributed by atoms with Gasteiger partial charge in [-0.05, 0) is 31.5 Å². The molecule has 1 aliphatic rings. The first-order chi connectivity index (χ1) is 10.0. The minimum absolute atomic E-state index is 0.219. The Hall–Kier alpha value is -1.43. The maximum Gasteiger partial charge on any atom is 0.163 e. The summed E-state index contributed by atoms with van der Waals surface area (Å²) in [6.45, 7) is 4.57. The van der Waals surface area contributed by atoms with Crippen molar-refractivity contribution in [2.45, 2.75) is 44.9 Å². The van der Waals surface area contributed by atoms with Crippen LogP contribution in [0.3, 0.4) is 0 Å². The minimum Gasteiger partial charge on any atom is -0.497 e. The van der Waals surface area contributed by atoms with Gasteiger partial charge < -0.3 is 23.7 Å². The number of methoxy groups -OCH3 is 1. The third kappa shape index (κ3) is 4.52. The molecular formula is C16H22O5. The smallest absolute Gasteiger partial charge is 0.163 e. The second-order valence-electron chi connectivity index (χ2n) is 5.47. The summed E-state index contributed by atoms with van der Waals surface area (Å²) >= 11 is 0. The fourth-order valence-corrected chi connectivity index (χ4v) is 2.25. The standard InChI is InChI=1S/C16H22O5/c1-16(2)20-11-15(21-16)14(8-9-17)19-10-12-4-6-13(18-3)7-5-12/h4-7,9,14-15H,8,10-11H2,1-3H3/t14-,15-/m1/s1. The van der Waals surface area contributed by atoms with E-state index in [1.807, 2.05) is 38.1 Å². The first-order valence-corrected chi connectivity index (χ1v) is 7.04. The van der Waals surface area contributed by atoms with E-state index in [4.69, 9.17) is 18.9 Å². The average molecular weight is 294 g/mol. The summed E-state index contributed by atoms with van der Waals surface area (Å²) in [6, 6.07) is 7.64. The Morgan fingerprint density at radius 3 is 2.62 bits per heavy atom. The molecule has 5 heteroatoms. The van der Waals surface area contributed by atoms with Gasteiger partial charge >= 0.3 is 0 Å². The molecule has 21 heavy (non-hydrogen) atoms. The molecule has 2 rings (SSSR count). The molecule has 0 bridgehead atoms. The van der Waals surface area contributed by atoms with Gasteiger partial charge in [-0.15, -0.1) is 0 Å². The summed E-state index contributed by atoms with van der Waals surface area (Å²) in [5.41, 5.74) is 1.02. The van der Waals surface area contributed by atoms with Crippen molar-refractivity contribution in [2.24, 2.45) is 0 Å². The van der Waals surface area contributed by atoms with Crippen LogP contribution in [0.2, 0.25) is 0 Å². The molecule has 1 aromatic carbocycles. The Morgan fingerprint density at radius 2 is 2.10 bits per heavy atom. The van der Waals surface area contributed by atoms with Crippen LogP contribution in [0.25, 0.3) is 0 Å². The van der Waals surface area contributed by atoms with Crippen LogP contribution in [0.1, 0.15) is 25.8 Å². The quantitative estimate of drug-likeness (QED) is 0.722. The van der Waals surface area contributed by atoms with Crippen molar-refractivity contribution in [3.63, 3.8) is 0 Å². The van der Waals surface area contributed by atoms with E-state index in [1.54, 1.807) is 7.11 Å². The molecule has 0 aliphatic carbocycles. The zero-order valence-corrected chi connectivity index (χ0v) is 12.7. The second-order valence-corrected chi connectivity index (χ2v) is 5.47. The van der Waals surface area contributed by atoms with Crippen LogP contribution >= 0.6 is 0 Å². The van der Waals surface area contributed by atoms with Crippen molar-refractivity contribution in [3.05, 3.63) is 29.8 Å². The highest BCUT2D eigenvalue weighted by Crippen LogP contribution is 2.26. The molecule has 0 saturated carbocycles. The number of rotatable bonds is 7. The third-order valence-electron chi connectivity index (χ3n) is 3.40. The van der Waals surface area contributed by atoms with Gasteiger partial charge in [0.1, 0.15) is 18.1 Å². The second kappa shape index (κ2) is 7.02. The van der Waals surface area contributed by atoms with E-state index in [9.17, 15) is 4.79 Å². The molecule has 0 spiro atoms. The van der Waals surface area contributed by atoms with Gasteiger partial charge in [0.25, 0.3) is 0 Å². The van der Waals surface area contributed by atoms with E-state index in [1.165, 1.54) is 0 Å². The van der Waals surface area contributed by atoms with Crippen molar-refractivity contribution < 1.29 is 23.7 Å². The number of hydrogen-bond acceptors (Lipinski definition) is 5. The Labute approximate surface area is 125 Å². The Balaban J connectivity index is 1.91. The van der Waals surface area contributed by atoms with Gasteiger partial charge in [0, 0.05) is 6.42 Å². The lowest BCUT2D eigenvalue weighted by atomic mass is 10.1. The SMILES string of the molecule is COc1ccc(CO[C@H](CC=O)[C@H]2COC(C)(C)O2)cc1. The first kappa shape index (κ1) is 15.9. The van der Waals surface area contributed by atoms with Crippen LogP contribution in [0, 0.1) is 0 Å². The molecule has 1 aliphatic heterocycles. The van der Waals surface area contributed by atoms with E-state index in [-0.39, 0.29) is 12.2 Å². The molecule has 0 aromatic heterocycles. The highest BCUT2D eigenvalue weighted by molar-refractivity contribution is 5.50. The van der Waals surface area contributed by atoms with Gasteiger partial charge in [-0.1, -0.05) is 12.1 Å². The fourth-order valence-electron chi connectivity index (χ4n) is 2.25. The third-order valence-corrected chi connectivity index (χ3v) is 3.40. The summed E-state index contributed by atoms with van der Waals surface area (Å²) < 4.78 is 22.2. The number of aldehydes is 1. The molecule has 5 nitrogen and oxygen atoms in total. The van der Waals surface area contributed by atoms with Gasteiger partial charge in [-0.3, -0.25) is 0 Å². The lowest BCUT2D eigenvalue weighted by Gasteiger charge is -2.23. The van der Waals surface area contributed by atoms with Gasteiger partial charge in [0.15, 0.2) is 5.79 Å². The monoisotopic (exact) mass is 294 g/mol. The number of ether oxygens (including phenoxy) is 4. The summed E-state index contributed by atoms with van der Waals surface area (Å²) in [5.74, 6) is 0.187. The maximum atomic E-state index is 10.8. The zero-order chi connectivity index (χ0) is 15.3. The summed E-state index contributed by atoms with van der Waals surface area (Å²) in [4.78, 5) is 10.8. The Kier molecular flexibility index (Phi) is 5.33. The molecule has 1 fully saturated rings. The highest BCUT2D eigenvalue weighted by atomic mass is 16.7. The van der Waals surface area contributed by atoms with Crippen LogP contribution in [-0.4, -0.2) is 38.0 Å². The van der Waals surface area contributed by atoms with E-state index < -0.39 is 5.79 Å². The van der Waals surface area contributed by atoms with E-state index in [0.29, 0.717) is 19.6 Å². The average Bonchev–Trinajstić information content (AvgIpc) is 2.84. The van der Waals surface area contributed by atoms with Crippen LogP contribution in [0.4, 0.5) is 0 Å². The number of benzene rings is 1. The van der Waals surface area contributed by atoms with Crippen molar-refractivity contribution in [2.75, 3.05) is 13.7 Å². The van der Waals surface area contributed by atoms with Crippen molar-refractivity contribution in [3.8, 4) is 5.75 Å². The fraction of sp³-hybridized carbons (Fsp3) is 0.562. The molecule has 1 saturated heterocycles. The van der Waals surface area contributed by atoms with E-state index in [2.05, 4.69) is 0 Å². The van der Waals surface area contributed by atoms with Crippen molar-refractivity contribution in [1.29, 1.82) is 0 Å². The molecule has 1 heterocycles. The van der Waals surface area contributed by atoms with Gasteiger partial charge in [-0.25, -0.2) is 0 Å². The molecule has 116 valence electrons. The van der Waals surface area contributed by atoms with Crippen LogP contribution in [-0.2, 0) is 25.6 Å². The summed E-state index contributed by atoms with van der Waals surface area (Å²) in [5, 5.41) is 0. The maximum absolute atomic E-state index is 10.8. The Bertz CT molecular complexity index is 454. The molecule has 0 unspecified atom stereocenters. The molecule has 0 radical (unpaired) electrons. The van der Waals surface area contributed by atoms with Crippen molar-refractivity contribution >= 4 is 6.29 Å². The summed E-state index contributed by atoms with van der Waals surface area (Å²) in [6.07, 6.45) is 0.628. The Morgan fingerprint density at radius 1 is 1.38 bits per heavy atom. The largest absolute Gasteiger partial charge is 0.497 e. The molecule has 0 N–H and O–H groups in total. The highest BCUT2D eigenvalue weighted by Gasteiger charge is 2.37. The van der Waals surface area contributed by atoms with Gasteiger partial charge in [-0.2, -0.15) is 0 Å². The zero-order valence-electron chi connectivity index (χ0n) is 12.7. The van der Waals surface area contributed by atoms with Crippen LogP contribution < -0.4 is 4.74 Å². The van der Waals surface area contributed by atoms with Crippen molar-refractivity contribution in [1.82, 2.24) is 0 Å². The van der Waals surface area contributed by atoms with E-state index in [0.717, 1.165) is 17.6 Å². The molecular weight excluding hydrogens is 272 g/mol. The van der Waals surface area contributed by atoms with Gasteiger partial charge in [0.2, 0.25) is 0 Å². The number of carbonyl (C=O) groups excluding carboxylic acids is 1. The van der Waals surface area contributed by atoms with Gasteiger partial charge in [0.05, 0.1) is 26.4 Å². The number of carbonyl (C=O) groups is 1. The molecule has 1 aromatic rings.